The number of thioether (sulfide) groups is 1. The molecule has 0 saturated carbocycles. The number of hydrogen-bond donors (Lipinski definition) is 1. The predicted molar refractivity (Wildman–Crippen MR) is 109 cm³/mol. The molecule has 29 heavy (non-hydrogen) atoms. The molecule has 1 N–H and O–H groups in total. The predicted octanol–water partition coefficient (Wildman–Crippen LogP) is 4.97. The zero-order valence-electron chi connectivity index (χ0n) is 15.1. The highest BCUT2D eigenvalue weighted by atomic mass is 32.2. The van der Waals surface area contributed by atoms with Crippen LogP contribution in [0.1, 0.15) is 17.5 Å². The van der Waals surface area contributed by atoms with Crippen LogP contribution in [0.4, 0.5) is 13.2 Å². The number of nitrogens with one attached hydrogen (secondary N) is 1. The highest BCUT2D eigenvalue weighted by Gasteiger charge is 2.31. The lowest BCUT2D eigenvalue weighted by Crippen LogP contribution is -2.29. The number of halogens is 3. The average Bonchev–Trinajstić information content (AvgIpc) is 3.08. The van der Waals surface area contributed by atoms with Crippen molar-refractivity contribution in [1.29, 1.82) is 0 Å². The first-order chi connectivity index (χ1) is 13.7. The van der Waals surface area contributed by atoms with E-state index in [0.717, 1.165) is 34.5 Å². The fourth-order valence-electron chi connectivity index (χ4n) is 2.58. The minimum absolute atomic E-state index is 0.151. The molecule has 3 rings (SSSR count). The third kappa shape index (κ3) is 5.84. The van der Waals surface area contributed by atoms with Gasteiger partial charge >= 0.3 is 6.36 Å². The Bertz CT molecular complexity index is 1030. The van der Waals surface area contributed by atoms with Crippen molar-refractivity contribution in [2.24, 2.45) is 0 Å². The van der Waals surface area contributed by atoms with Crippen LogP contribution in [-0.2, 0) is 10.0 Å². The van der Waals surface area contributed by atoms with Crippen molar-refractivity contribution in [3.63, 3.8) is 0 Å². The summed E-state index contributed by atoms with van der Waals surface area (Å²) in [4.78, 5) is 4.38. The molecule has 1 unspecified atom stereocenters. The van der Waals surface area contributed by atoms with Crippen LogP contribution in [-0.4, -0.2) is 31.8 Å². The second-order valence-corrected chi connectivity index (χ2v) is 9.76. The normalized spacial score (nSPS) is 13.5. The van der Waals surface area contributed by atoms with Gasteiger partial charge in [-0.1, -0.05) is 12.1 Å². The topological polar surface area (TPSA) is 68.3 Å². The molecule has 0 spiro atoms. The van der Waals surface area contributed by atoms with E-state index in [9.17, 15) is 21.6 Å². The van der Waals surface area contributed by atoms with Crippen molar-refractivity contribution in [3.8, 4) is 5.75 Å². The van der Waals surface area contributed by atoms with E-state index in [1.807, 2.05) is 30.5 Å². The van der Waals surface area contributed by atoms with Crippen molar-refractivity contribution in [3.05, 3.63) is 53.5 Å². The number of alkyl halides is 3. The fourth-order valence-corrected chi connectivity index (χ4v) is 5.42. The number of thiazole rings is 1. The molecule has 1 aromatic heterocycles. The number of ether oxygens (including phenoxy) is 1. The number of para-hydroxylation sites is 1. The van der Waals surface area contributed by atoms with Gasteiger partial charge in [0.05, 0.1) is 21.2 Å². The van der Waals surface area contributed by atoms with Gasteiger partial charge in [-0.05, 0) is 54.8 Å². The number of benzene rings is 2. The summed E-state index contributed by atoms with van der Waals surface area (Å²) >= 11 is 2.99. The number of rotatable bonds is 8. The lowest BCUT2D eigenvalue weighted by molar-refractivity contribution is -0.274. The quantitative estimate of drug-likeness (QED) is 0.512. The standard InChI is InChI=1S/C18H17F3N2O3S3/c1-27-11-10-15(17-22-14-4-2-3-5-16(14)28-17)23-29(24,25)13-8-6-12(7-9-13)26-18(19,20)21/h2-9,15,23H,10-11H2,1H3. The molecule has 3 aromatic rings. The molecule has 1 heterocycles. The van der Waals surface area contributed by atoms with Gasteiger partial charge in [-0.25, -0.2) is 18.1 Å². The molecule has 0 fully saturated rings. The van der Waals surface area contributed by atoms with Gasteiger partial charge in [0.1, 0.15) is 10.8 Å². The Balaban J connectivity index is 1.84. The van der Waals surface area contributed by atoms with Gasteiger partial charge in [0.2, 0.25) is 10.0 Å². The molecule has 0 amide bonds. The van der Waals surface area contributed by atoms with Gasteiger partial charge in [-0.2, -0.15) is 11.8 Å². The second-order valence-electron chi connectivity index (χ2n) is 5.99. The SMILES string of the molecule is CSCCC(NS(=O)(=O)c1ccc(OC(F)(F)F)cc1)c1nc2ccccc2s1. The Hall–Kier alpha value is -1.82. The van der Waals surface area contributed by atoms with E-state index in [1.165, 1.54) is 11.3 Å². The molecule has 0 aliphatic heterocycles. The first-order valence-corrected chi connectivity index (χ1v) is 12.1. The van der Waals surface area contributed by atoms with E-state index in [0.29, 0.717) is 17.2 Å². The third-order valence-electron chi connectivity index (χ3n) is 3.88. The molecule has 156 valence electrons. The van der Waals surface area contributed by atoms with E-state index in [-0.39, 0.29) is 4.90 Å². The summed E-state index contributed by atoms with van der Waals surface area (Å²) in [6, 6.07) is 11.1. The maximum Gasteiger partial charge on any atom is 0.573 e. The van der Waals surface area contributed by atoms with Crippen LogP contribution in [0.3, 0.4) is 0 Å². The van der Waals surface area contributed by atoms with E-state index in [4.69, 9.17) is 0 Å². The molecule has 0 radical (unpaired) electrons. The molecular weight excluding hydrogens is 445 g/mol. The molecule has 0 aliphatic rings. The Morgan fingerprint density at radius 3 is 2.48 bits per heavy atom. The van der Waals surface area contributed by atoms with Gasteiger partial charge < -0.3 is 4.74 Å². The summed E-state index contributed by atoms with van der Waals surface area (Å²) in [5.74, 6) is 0.225. The third-order valence-corrected chi connectivity index (χ3v) is 7.17. The first kappa shape index (κ1) is 21.9. The second kappa shape index (κ2) is 8.90. The number of nitrogens with zero attached hydrogens (tertiary/aromatic N) is 1. The molecule has 5 nitrogen and oxygen atoms in total. The van der Waals surface area contributed by atoms with Gasteiger partial charge in [0.15, 0.2) is 0 Å². The van der Waals surface area contributed by atoms with Crippen LogP contribution >= 0.6 is 23.1 Å². The summed E-state index contributed by atoms with van der Waals surface area (Å²) < 4.78 is 69.8. The van der Waals surface area contributed by atoms with E-state index in [2.05, 4.69) is 14.4 Å². The molecular formula is C18H17F3N2O3S3. The molecule has 0 aliphatic carbocycles. The lowest BCUT2D eigenvalue weighted by atomic mass is 10.2. The maximum absolute atomic E-state index is 12.8. The van der Waals surface area contributed by atoms with Crippen LogP contribution in [0.25, 0.3) is 10.2 Å². The number of fused-ring (bicyclic) bond motifs is 1. The summed E-state index contributed by atoms with van der Waals surface area (Å²) in [6.07, 6.45) is -2.40. The molecule has 2 aromatic carbocycles. The van der Waals surface area contributed by atoms with Crippen molar-refractivity contribution in [2.75, 3.05) is 12.0 Å². The number of hydrogen-bond acceptors (Lipinski definition) is 6. The summed E-state index contributed by atoms with van der Waals surface area (Å²) in [7, 11) is -3.97. The highest BCUT2D eigenvalue weighted by molar-refractivity contribution is 7.98. The lowest BCUT2D eigenvalue weighted by Gasteiger charge is -2.16. The van der Waals surface area contributed by atoms with Gasteiger partial charge in [0, 0.05) is 0 Å². The number of aromatic nitrogens is 1. The van der Waals surface area contributed by atoms with Gasteiger partial charge in [0.25, 0.3) is 0 Å². The smallest absolute Gasteiger partial charge is 0.406 e. The molecule has 0 bridgehead atoms. The van der Waals surface area contributed by atoms with Crippen molar-refractivity contribution in [2.45, 2.75) is 23.7 Å². The van der Waals surface area contributed by atoms with E-state index in [1.54, 1.807) is 11.8 Å². The van der Waals surface area contributed by atoms with Crippen molar-refractivity contribution >= 4 is 43.3 Å². The summed E-state index contributed by atoms with van der Waals surface area (Å²) in [5.41, 5.74) is 0.787. The Labute approximate surface area is 174 Å². The molecule has 11 heteroatoms. The Morgan fingerprint density at radius 1 is 1.17 bits per heavy atom. The minimum atomic E-state index is -4.84. The monoisotopic (exact) mass is 462 g/mol. The minimum Gasteiger partial charge on any atom is -0.406 e. The van der Waals surface area contributed by atoms with Crippen molar-refractivity contribution in [1.82, 2.24) is 9.71 Å². The summed E-state index contributed by atoms with van der Waals surface area (Å²) in [5, 5.41) is 0.640. The number of sulfonamides is 1. The van der Waals surface area contributed by atoms with Crippen LogP contribution in [0.5, 0.6) is 5.75 Å². The van der Waals surface area contributed by atoms with Crippen molar-refractivity contribution < 1.29 is 26.3 Å². The largest absolute Gasteiger partial charge is 0.573 e. The highest BCUT2D eigenvalue weighted by Crippen LogP contribution is 2.30. The zero-order valence-corrected chi connectivity index (χ0v) is 17.6. The van der Waals surface area contributed by atoms with Crippen LogP contribution in [0.15, 0.2) is 53.4 Å². The first-order valence-electron chi connectivity index (χ1n) is 8.40. The Kier molecular flexibility index (Phi) is 6.72. The van der Waals surface area contributed by atoms with Crippen LogP contribution in [0.2, 0.25) is 0 Å². The molecule has 0 saturated heterocycles. The van der Waals surface area contributed by atoms with Crippen LogP contribution in [0, 0.1) is 0 Å². The fraction of sp³-hybridized carbons (Fsp3) is 0.278. The van der Waals surface area contributed by atoms with Gasteiger partial charge in [-0.15, -0.1) is 24.5 Å². The Morgan fingerprint density at radius 2 is 1.86 bits per heavy atom. The maximum atomic E-state index is 12.8. The van der Waals surface area contributed by atoms with E-state index < -0.39 is 28.2 Å². The van der Waals surface area contributed by atoms with Gasteiger partial charge in [-0.3, -0.25) is 0 Å². The molecule has 1 atom stereocenters. The van der Waals surface area contributed by atoms with Crippen LogP contribution < -0.4 is 9.46 Å². The summed E-state index contributed by atoms with van der Waals surface area (Å²) in [6.45, 7) is 0. The zero-order chi connectivity index (χ0) is 21.1. The average molecular weight is 463 g/mol. The van der Waals surface area contributed by atoms with E-state index >= 15 is 0 Å².